The second-order valence-corrected chi connectivity index (χ2v) is 2.76. The molecular formula is C6H10AgO4. The van der Waals surface area contributed by atoms with Crippen LogP contribution in [0.3, 0.4) is 0 Å². The van der Waals surface area contributed by atoms with Gasteiger partial charge in [0.25, 0.3) is 0 Å². The molecule has 0 fully saturated rings. The molecule has 0 aromatic carbocycles. The maximum atomic E-state index is 10.3. The molecule has 0 bridgehead atoms. The number of hydrogen-bond acceptors (Lipinski definition) is 2. The molecule has 4 nitrogen and oxygen atoms in total. The van der Waals surface area contributed by atoms with Gasteiger partial charge in [-0.1, -0.05) is 0 Å². The molecule has 2 N–H and O–H groups in total. The summed E-state index contributed by atoms with van der Waals surface area (Å²) in [4.78, 5) is 20.3. The Balaban J connectivity index is 0. The third-order valence-corrected chi connectivity index (χ3v) is 1.17. The normalized spacial score (nSPS) is 10.0. The summed E-state index contributed by atoms with van der Waals surface area (Å²) in [6, 6.07) is 0. The van der Waals surface area contributed by atoms with E-state index in [0.29, 0.717) is 0 Å². The van der Waals surface area contributed by atoms with Crippen LogP contribution in [0.5, 0.6) is 0 Å². The zero-order valence-corrected chi connectivity index (χ0v) is 7.70. The first-order valence-corrected chi connectivity index (χ1v) is 2.81. The van der Waals surface area contributed by atoms with Gasteiger partial charge in [0.1, 0.15) is 0 Å². The van der Waals surface area contributed by atoms with Crippen molar-refractivity contribution in [2.24, 2.45) is 5.41 Å². The molecule has 0 saturated heterocycles. The van der Waals surface area contributed by atoms with Crippen molar-refractivity contribution >= 4 is 11.9 Å². The van der Waals surface area contributed by atoms with Crippen molar-refractivity contribution in [3.8, 4) is 0 Å². The minimum atomic E-state index is -1.16. The molecule has 0 aromatic heterocycles. The van der Waals surface area contributed by atoms with Gasteiger partial charge in [-0.15, -0.1) is 0 Å². The minimum absolute atomic E-state index is 0. The van der Waals surface area contributed by atoms with Crippen molar-refractivity contribution in [1.29, 1.82) is 0 Å². The maximum Gasteiger partial charge on any atom is 0.309 e. The van der Waals surface area contributed by atoms with Gasteiger partial charge < -0.3 is 10.2 Å². The molecule has 0 spiro atoms. The van der Waals surface area contributed by atoms with Gasteiger partial charge in [0.2, 0.25) is 0 Å². The molecule has 0 aromatic rings. The van der Waals surface area contributed by atoms with Crippen molar-refractivity contribution in [2.45, 2.75) is 20.3 Å². The smallest absolute Gasteiger partial charge is 0.309 e. The Kier molecular flexibility index (Phi) is 5.48. The summed E-state index contributed by atoms with van der Waals surface area (Å²) in [6.45, 7) is 2.76. The van der Waals surface area contributed by atoms with Crippen LogP contribution in [0.2, 0.25) is 0 Å². The van der Waals surface area contributed by atoms with Gasteiger partial charge in [0.05, 0.1) is 11.8 Å². The molecule has 0 aliphatic heterocycles. The van der Waals surface area contributed by atoms with Crippen molar-refractivity contribution in [2.75, 3.05) is 0 Å². The SMILES string of the molecule is CC(C)(CC(=O)O)C(=O)O.[Ag]. The number of carboxylic acids is 2. The van der Waals surface area contributed by atoms with Crippen LogP contribution in [-0.2, 0) is 32.0 Å². The van der Waals surface area contributed by atoms with E-state index in [1.165, 1.54) is 13.8 Å². The Bertz CT molecular complexity index is 164. The second-order valence-electron chi connectivity index (χ2n) is 2.76. The summed E-state index contributed by atoms with van der Waals surface area (Å²) in [5.41, 5.74) is -1.16. The van der Waals surface area contributed by atoms with Crippen LogP contribution >= 0.6 is 0 Å². The van der Waals surface area contributed by atoms with E-state index in [1.807, 2.05) is 0 Å². The summed E-state index contributed by atoms with van der Waals surface area (Å²) in [6.07, 6.45) is -0.345. The summed E-state index contributed by atoms with van der Waals surface area (Å²) < 4.78 is 0. The fourth-order valence-corrected chi connectivity index (χ4v) is 0.454. The van der Waals surface area contributed by atoms with Crippen LogP contribution < -0.4 is 0 Å². The predicted octanol–water partition coefficient (Wildman–Crippen LogP) is 0.569. The molecule has 0 amide bonds. The fraction of sp³-hybridized carbons (Fsp3) is 0.667. The van der Waals surface area contributed by atoms with Gasteiger partial charge in [-0.05, 0) is 13.8 Å². The van der Waals surface area contributed by atoms with E-state index >= 15 is 0 Å². The number of carboxylic acid groups (broad SMARTS) is 2. The first-order chi connectivity index (χ1) is 4.36. The molecule has 11 heavy (non-hydrogen) atoms. The first-order valence-electron chi connectivity index (χ1n) is 2.81. The number of hydrogen-bond donors (Lipinski definition) is 2. The standard InChI is InChI=1S/C6H10O4.Ag/c1-6(2,5(9)10)3-4(7)8;/h3H2,1-2H3,(H,7,8)(H,9,10);. The maximum absolute atomic E-state index is 10.3. The summed E-state index contributed by atoms with van der Waals surface area (Å²) >= 11 is 0. The topological polar surface area (TPSA) is 74.6 Å². The summed E-state index contributed by atoms with van der Waals surface area (Å²) in [5, 5.41) is 16.7. The van der Waals surface area contributed by atoms with E-state index in [0.717, 1.165) is 0 Å². The van der Waals surface area contributed by atoms with E-state index in [2.05, 4.69) is 0 Å². The minimum Gasteiger partial charge on any atom is -0.481 e. The van der Waals surface area contributed by atoms with Crippen LogP contribution in [0, 0.1) is 5.41 Å². The molecule has 1 radical (unpaired) electrons. The van der Waals surface area contributed by atoms with E-state index in [1.54, 1.807) is 0 Å². The molecule has 69 valence electrons. The van der Waals surface area contributed by atoms with Crippen LogP contribution in [0.4, 0.5) is 0 Å². The van der Waals surface area contributed by atoms with Gasteiger partial charge >= 0.3 is 11.9 Å². The van der Waals surface area contributed by atoms with E-state index in [9.17, 15) is 9.59 Å². The molecule has 0 saturated carbocycles. The molecule has 0 atom stereocenters. The third-order valence-electron chi connectivity index (χ3n) is 1.17. The predicted molar refractivity (Wildman–Crippen MR) is 33.7 cm³/mol. The zero-order valence-electron chi connectivity index (χ0n) is 6.22. The molecule has 0 rings (SSSR count). The van der Waals surface area contributed by atoms with Crippen LogP contribution in [0.15, 0.2) is 0 Å². The van der Waals surface area contributed by atoms with Crippen LogP contribution in [-0.4, -0.2) is 22.2 Å². The Morgan fingerprint density at radius 1 is 1.27 bits per heavy atom. The number of aliphatic carboxylic acids is 2. The summed E-state index contributed by atoms with van der Waals surface area (Å²) in [5.74, 6) is -2.18. The monoisotopic (exact) mass is 253 g/mol. The van der Waals surface area contributed by atoms with Gasteiger partial charge in [0, 0.05) is 22.4 Å². The van der Waals surface area contributed by atoms with Gasteiger partial charge in [-0.25, -0.2) is 0 Å². The molecule has 0 aliphatic rings. The average Bonchev–Trinajstić information content (AvgIpc) is 1.60. The van der Waals surface area contributed by atoms with E-state index in [4.69, 9.17) is 10.2 Å². The molecule has 0 heterocycles. The largest absolute Gasteiger partial charge is 0.481 e. The fourth-order valence-electron chi connectivity index (χ4n) is 0.454. The quantitative estimate of drug-likeness (QED) is 0.722. The van der Waals surface area contributed by atoms with E-state index < -0.39 is 17.4 Å². The van der Waals surface area contributed by atoms with Gasteiger partial charge in [0.15, 0.2) is 0 Å². The van der Waals surface area contributed by atoms with Crippen molar-refractivity contribution in [3.63, 3.8) is 0 Å². The van der Waals surface area contributed by atoms with E-state index in [-0.39, 0.29) is 28.8 Å². The molecule has 0 unspecified atom stereocenters. The van der Waals surface area contributed by atoms with Gasteiger partial charge in [-0.2, -0.15) is 0 Å². The van der Waals surface area contributed by atoms with Crippen molar-refractivity contribution in [1.82, 2.24) is 0 Å². The Morgan fingerprint density at radius 2 is 1.64 bits per heavy atom. The second kappa shape index (κ2) is 4.54. The third kappa shape index (κ3) is 5.01. The van der Waals surface area contributed by atoms with Crippen LogP contribution in [0.25, 0.3) is 0 Å². The Morgan fingerprint density at radius 3 is 1.73 bits per heavy atom. The summed E-state index contributed by atoms with van der Waals surface area (Å²) in [7, 11) is 0. The number of carbonyl (C=O) groups is 2. The Hall–Kier alpha value is -0.320. The van der Waals surface area contributed by atoms with Crippen molar-refractivity contribution < 1.29 is 42.2 Å². The Labute approximate surface area is 80.1 Å². The average molecular weight is 254 g/mol. The van der Waals surface area contributed by atoms with Crippen LogP contribution in [0.1, 0.15) is 20.3 Å². The number of rotatable bonds is 3. The zero-order chi connectivity index (χ0) is 8.36. The van der Waals surface area contributed by atoms with Crippen molar-refractivity contribution in [3.05, 3.63) is 0 Å². The molecule has 0 aliphatic carbocycles. The first kappa shape index (κ1) is 13.3. The molecule has 5 heteroatoms. The van der Waals surface area contributed by atoms with Gasteiger partial charge in [-0.3, -0.25) is 9.59 Å². The molecular weight excluding hydrogens is 244 g/mol.